The first-order valence-electron chi connectivity index (χ1n) is 5.21. The Morgan fingerprint density at radius 2 is 1.88 bits per heavy atom. The predicted octanol–water partition coefficient (Wildman–Crippen LogP) is 2.34. The van der Waals surface area contributed by atoms with Gasteiger partial charge in [0.25, 0.3) is 0 Å². The molecule has 0 fully saturated rings. The topological polar surface area (TPSA) is 30.5 Å². The standard InChI is InChI=1S/C12H18ClNO2/c1-9-6-12(16-3)10(7-11(9)15-2)8-14-5-4-13/h6-7,14H,4-5,8H2,1-3H3. The average Bonchev–Trinajstić information content (AvgIpc) is 2.30. The lowest BCUT2D eigenvalue weighted by atomic mass is 10.1. The largest absolute Gasteiger partial charge is 0.496 e. The van der Waals surface area contributed by atoms with Crippen molar-refractivity contribution in [2.45, 2.75) is 13.5 Å². The van der Waals surface area contributed by atoms with E-state index in [1.165, 1.54) is 0 Å². The molecule has 0 amide bonds. The molecule has 0 aromatic heterocycles. The number of methoxy groups -OCH3 is 2. The molecule has 1 rings (SSSR count). The van der Waals surface area contributed by atoms with Gasteiger partial charge in [-0.15, -0.1) is 11.6 Å². The first-order valence-corrected chi connectivity index (χ1v) is 5.74. The third-order valence-corrected chi connectivity index (χ3v) is 2.57. The summed E-state index contributed by atoms with van der Waals surface area (Å²) < 4.78 is 10.6. The molecule has 0 heterocycles. The van der Waals surface area contributed by atoms with Crippen molar-refractivity contribution in [2.75, 3.05) is 26.6 Å². The summed E-state index contributed by atoms with van der Waals surface area (Å²) in [5.74, 6) is 2.36. The van der Waals surface area contributed by atoms with Gasteiger partial charge in [-0.05, 0) is 24.6 Å². The van der Waals surface area contributed by atoms with Crippen LogP contribution < -0.4 is 14.8 Å². The smallest absolute Gasteiger partial charge is 0.123 e. The molecule has 0 atom stereocenters. The Kier molecular flexibility index (Phi) is 5.43. The highest BCUT2D eigenvalue weighted by Gasteiger charge is 2.07. The molecule has 0 bridgehead atoms. The van der Waals surface area contributed by atoms with Crippen LogP contribution in [0.15, 0.2) is 12.1 Å². The van der Waals surface area contributed by atoms with Gasteiger partial charge >= 0.3 is 0 Å². The van der Waals surface area contributed by atoms with E-state index in [1.807, 2.05) is 19.1 Å². The normalized spacial score (nSPS) is 10.2. The highest BCUT2D eigenvalue weighted by atomic mass is 35.5. The lowest BCUT2D eigenvalue weighted by Gasteiger charge is -2.13. The molecule has 4 heteroatoms. The van der Waals surface area contributed by atoms with Gasteiger partial charge in [0.1, 0.15) is 11.5 Å². The molecule has 1 aromatic rings. The predicted molar refractivity (Wildman–Crippen MR) is 66.7 cm³/mol. The molecule has 0 saturated heterocycles. The van der Waals surface area contributed by atoms with E-state index < -0.39 is 0 Å². The molecule has 0 radical (unpaired) electrons. The van der Waals surface area contributed by atoms with Crippen LogP contribution in [0.2, 0.25) is 0 Å². The fourth-order valence-corrected chi connectivity index (χ4v) is 1.68. The van der Waals surface area contributed by atoms with E-state index in [2.05, 4.69) is 5.32 Å². The van der Waals surface area contributed by atoms with Crippen LogP contribution in [0.1, 0.15) is 11.1 Å². The first-order chi connectivity index (χ1) is 7.72. The molecule has 0 unspecified atom stereocenters. The number of hydrogen-bond acceptors (Lipinski definition) is 3. The quantitative estimate of drug-likeness (QED) is 0.615. The zero-order chi connectivity index (χ0) is 12.0. The monoisotopic (exact) mass is 243 g/mol. The number of halogens is 1. The SMILES string of the molecule is COc1cc(CNCCCl)c(OC)cc1C. The van der Waals surface area contributed by atoms with Crippen LogP contribution in [-0.4, -0.2) is 26.6 Å². The first kappa shape index (κ1) is 13.1. The van der Waals surface area contributed by atoms with Crippen molar-refractivity contribution in [1.29, 1.82) is 0 Å². The van der Waals surface area contributed by atoms with Crippen LogP contribution in [-0.2, 0) is 6.54 Å². The number of ether oxygens (including phenoxy) is 2. The highest BCUT2D eigenvalue weighted by molar-refractivity contribution is 6.18. The lowest BCUT2D eigenvalue weighted by molar-refractivity contribution is 0.395. The van der Waals surface area contributed by atoms with Crippen LogP contribution >= 0.6 is 11.6 Å². The van der Waals surface area contributed by atoms with E-state index in [-0.39, 0.29) is 0 Å². The number of alkyl halides is 1. The van der Waals surface area contributed by atoms with Gasteiger partial charge in [-0.2, -0.15) is 0 Å². The van der Waals surface area contributed by atoms with E-state index in [0.717, 1.165) is 35.7 Å². The molecular formula is C12H18ClNO2. The second kappa shape index (κ2) is 6.61. The number of nitrogens with one attached hydrogen (secondary N) is 1. The maximum absolute atomic E-state index is 5.61. The Hall–Kier alpha value is -0.930. The Labute approximate surface area is 102 Å². The zero-order valence-corrected chi connectivity index (χ0v) is 10.7. The van der Waals surface area contributed by atoms with Crippen molar-refractivity contribution in [3.05, 3.63) is 23.3 Å². The van der Waals surface area contributed by atoms with E-state index in [0.29, 0.717) is 5.88 Å². The van der Waals surface area contributed by atoms with Crippen molar-refractivity contribution < 1.29 is 9.47 Å². The second-order valence-corrected chi connectivity index (χ2v) is 3.88. The van der Waals surface area contributed by atoms with Gasteiger partial charge in [-0.3, -0.25) is 0 Å². The minimum absolute atomic E-state index is 0.602. The molecule has 90 valence electrons. The van der Waals surface area contributed by atoms with Gasteiger partial charge in [0.15, 0.2) is 0 Å². The van der Waals surface area contributed by atoms with Crippen LogP contribution in [0, 0.1) is 6.92 Å². The molecule has 16 heavy (non-hydrogen) atoms. The van der Waals surface area contributed by atoms with Crippen molar-refractivity contribution in [3.63, 3.8) is 0 Å². The summed E-state index contributed by atoms with van der Waals surface area (Å²) in [6.07, 6.45) is 0. The Balaban J connectivity index is 2.86. The summed E-state index contributed by atoms with van der Waals surface area (Å²) >= 11 is 5.61. The number of benzene rings is 1. The molecule has 0 spiro atoms. The zero-order valence-electron chi connectivity index (χ0n) is 9.97. The summed E-state index contributed by atoms with van der Waals surface area (Å²) in [5, 5.41) is 3.23. The van der Waals surface area contributed by atoms with Gasteiger partial charge in [-0.25, -0.2) is 0 Å². The van der Waals surface area contributed by atoms with Crippen molar-refractivity contribution in [2.24, 2.45) is 0 Å². The molecule has 0 saturated carbocycles. The van der Waals surface area contributed by atoms with E-state index >= 15 is 0 Å². The van der Waals surface area contributed by atoms with Crippen molar-refractivity contribution >= 4 is 11.6 Å². The average molecular weight is 244 g/mol. The van der Waals surface area contributed by atoms with Gasteiger partial charge in [-0.1, -0.05) is 0 Å². The second-order valence-electron chi connectivity index (χ2n) is 3.50. The third-order valence-electron chi connectivity index (χ3n) is 2.38. The molecular weight excluding hydrogens is 226 g/mol. The number of aryl methyl sites for hydroxylation is 1. The summed E-state index contributed by atoms with van der Waals surface area (Å²) in [6.45, 7) is 3.50. The Morgan fingerprint density at radius 3 is 2.44 bits per heavy atom. The summed E-state index contributed by atoms with van der Waals surface area (Å²) in [6, 6.07) is 3.98. The van der Waals surface area contributed by atoms with Crippen molar-refractivity contribution in [3.8, 4) is 11.5 Å². The van der Waals surface area contributed by atoms with E-state index in [1.54, 1.807) is 14.2 Å². The van der Waals surface area contributed by atoms with Gasteiger partial charge in [0.2, 0.25) is 0 Å². The van der Waals surface area contributed by atoms with E-state index in [9.17, 15) is 0 Å². The fraction of sp³-hybridized carbons (Fsp3) is 0.500. The molecule has 1 N–H and O–H groups in total. The van der Waals surface area contributed by atoms with Gasteiger partial charge in [0, 0.05) is 24.5 Å². The number of rotatable bonds is 6. The van der Waals surface area contributed by atoms with Gasteiger partial charge < -0.3 is 14.8 Å². The Bertz CT molecular complexity index is 342. The maximum atomic E-state index is 5.61. The Morgan fingerprint density at radius 1 is 1.19 bits per heavy atom. The summed E-state index contributed by atoms with van der Waals surface area (Å²) in [5.41, 5.74) is 2.15. The van der Waals surface area contributed by atoms with Crippen LogP contribution in [0.4, 0.5) is 0 Å². The highest BCUT2D eigenvalue weighted by Crippen LogP contribution is 2.27. The molecule has 0 aliphatic carbocycles. The third kappa shape index (κ3) is 3.29. The van der Waals surface area contributed by atoms with Crippen LogP contribution in [0.5, 0.6) is 11.5 Å². The lowest BCUT2D eigenvalue weighted by Crippen LogP contribution is -2.16. The summed E-state index contributed by atoms with van der Waals surface area (Å²) in [4.78, 5) is 0. The fourth-order valence-electron chi connectivity index (χ4n) is 1.54. The van der Waals surface area contributed by atoms with E-state index in [4.69, 9.17) is 21.1 Å². The number of hydrogen-bond donors (Lipinski definition) is 1. The molecule has 0 aliphatic rings. The maximum Gasteiger partial charge on any atom is 0.123 e. The summed E-state index contributed by atoms with van der Waals surface area (Å²) in [7, 11) is 3.34. The van der Waals surface area contributed by atoms with Crippen molar-refractivity contribution in [1.82, 2.24) is 5.32 Å². The molecule has 0 aliphatic heterocycles. The van der Waals surface area contributed by atoms with Crippen LogP contribution in [0.3, 0.4) is 0 Å². The van der Waals surface area contributed by atoms with Crippen LogP contribution in [0.25, 0.3) is 0 Å². The molecule has 3 nitrogen and oxygen atoms in total. The van der Waals surface area contributed by atoms with Gasteiger partial charge in [0.05, 0.1) is 14.2 Å². The molecule has 1 aromatic carbocycles. The minimum Gasteiger partial charge on any atom is -0.496 e. The minimum atomic E-state index is 0.602.